The number of aryl methyl sites for hydroxylation is 1. The van der Waals surface area contributed by atoms with Crippen LogP contribution in [0.15, 0.2) is 24.3 Å². The third-order valence-corrected chi connectivity index (χ3v) is 4.74. The van der Waals surface area contributed by atoms with Crippen LogP contribution in [0.1, 0.15) is 36.3 Å². The number of esters is 1. The SMILES string of the molecule is COC(=O)C(CNC(=O)[C@@H]1CCC[C@@H]1CN)c1ccc(C)cc1.Cl. The number of carbonyl (C=O) groups excluding carboxylic acids is 2. The van der Waals surface area contributed by atoms with Gasteiger partial charge < -0.3 is 15.8 Å². The lowest BCUT2D eigenvalue weighted by Crippen LogP contribution is -2.38. The standard InChI is InChI=1S/C18H26N2O3.ClH/c1-12-6-8-13(9-7-12)16(18(22)23-2)11-20-17(21)15-5-3-4-14(15)10-19;/h6-9,14-16H,3-5,10-11,19H2,1-2H3,(H,20,21);1H/t14-,15-,16?;/m1./s1. The summed E-state index contributed by atoms with van der Waals surface area (Å²) in [5.41, 5.74) is 7.71. The normalized spacial score (nSPS) is 20.8. The maximum atomic E-state index is 12.4. The summed E-state index contributed by atoms with van der Waals surface area (Å²) in [7, 11) is 1.37. The smallest absolute Gasteiger partial charge is 0.314 e. The Morgan fingerprint density at radius 3 is 2.54 bits per heavy atom. The van der Waals surface area contributed by atoms with Gasteiger partial charge in [0.05, 0.1) is 13.0 Å². The number of ether oxygens (including phenoxy) is 1. The van der Waals surface area contributed by atoms with Crippen molar-refractivity contribution < 1.29 is 14.3 Å². The van der Waals surface area contributed by atoms with Gasteiger partial charge in [0.25, 0.3) is 0 Å². The molecule has 24 heavy (non-hydrogen) atoms. The van der Waals surface area contributed by atoms with E-state index in [4.69, 9.17) is 10.5 Å². The van der Waals surface area contributed by atoms with Crippen LogP contribution in [0.4, 0.5) is 0 Å². The molecule has 1 saturated carbocycles. The second-order valence-corrected chi connectivity index (χ2v) is 6.26. The molecule has 1 aromatic carbocycles. The number of nitrogens with two attached hydrogens (primary N) is 1. The number of hydrogen-bond donors (Lipinski definition) is 2. The lowest BCUT2D eigenvalue weighted by atomic mass is 9.94. The number of carbonyl (C=O) groups is 2. The van der Waals surface area contributed by atoms with Crippen LogP contribution in [0.3, 0.4) is 0 Å². The molecule has 3 atom stereocenters. The molecule has 3 N–H and O–H groups in total. The van der Waals surface area contributed by atoms with Crippen molar-refractivity contribution in [1.82, 2.24) is 5.32 Å². The van der Waals surface area contributed by atoms with Gasteiger partial charge in [-0.1, -0.05) is 36.2 Å². The van der Waals surface area contributed by atoms with Crippen molar-refractivity contribution in [2.45, 2.75) is 32.1 Å². The van der Waals surface area contributed by atoms with Crippen LogP contribution in [0, 0.1) is 18.8 Å². The van der Waals surface area contributed by atoms with Crippen molar-refractivity contribution >= 4 is 24.3 Å². The third kappa shape index (κ3) is 4.95. The summed E-state index contributed by atoms with van der Waals surface area (Å²) in [6.45, 7) is 2.78. The maximum Gasteiger partial charge on any atom is 0.314 e. The maximum absolute atomic E-state index is 12.4. The summed E-state index contributed by atoms with van der Waals surface area (Å²) in [6.07, 6.45) is 2.92. The lowest BCUT2D eigenvalue weighted by molar-refractivity contribution is -0.142. The third-order valence-electron chi connectivity index (χ3n) is 4.74. The molecule has 0 aliphatic heterocycles. The van der Waals surface area contributed by atoms with E-state index in [1.807, 2.05) is 31.2 Å². The Hall–Kier alpha value is -1.59. The Labute approximate surface area is 149 Å². The van der Waals surface area contributed by atoms with Gasteiger partial charge in [0.1, 0.15) is 0 Å². The molecule has 1 amide bonds. The fourth-order valence-corrected chi connectivity index (χ4v) is 3.28. The van der Waals surface area contributed by atoms with E-state index in [1.165, 1.54) is 7.11 Å². The molecule has 0 spiro atoms. The minimum atomic E-state index is -0.484. The zero-order valence-corrected chi connectivity index (χ0v) is 15.1. The highest BCUT2D eigenvalue weighted by Gasteiger charge is 2.32. The first-order valence-electron chi connectivity index (χ1n) is 8.19. The van der Waals surface area contributed by atoms with Crippen LogP contribution < -0.4 is 11.1 Å². The highest BCUT2D eigenvalue weighted by atomic mass is 35.5. The highest BCUT2D eigenvalue weighted by Crippen LogP contribution is 2.31. The highest BCUT2D eigenvalue weighted by molar-refractivity contribution is 5.85. The number of halogens is 1. The summed E-state index contributed by atoms with van der Waals surface area (Å²) >= 11 is 0. The van der Waals surface area contributed by atoms with E-state index in [9.17, 15) is 9.59 Å². The van der Waals surface area contributed by atoms with E-state index in [2.05, 4.69) is 5.32 Å². The topological polar surface area (TPSA) is 81.4 Å². The van der Waals surface area contributed by atoms with Gasteiger partial charge in [0.15, 0.2) is 0 Å². The first-order valence-corrected chi connectivity index (χ1v) is 8.19. The molecule has 1 aliphatic rings. The van der Waals surface area contributed by atoms with E-state index < -0.39 is 5.92 Å². The molecular formula is C18H27ClN2O3. The van der Waals surface area contributed by atoms with Gasteiger partial charge in [-0.05, 0) is 37.8 Å². The fourth-order valence-electron chi connectivity index (χ4n) is 3.28. The fraction of sp³-hybridized carbons (Fsp3) is 0.556. The van der Waals surface area contributed by atoms with E-state index in [1.54, 1.807) is 0 Å². The van der Waals surface area contributed by atoms with Crippen molar-refractivity contribution in [2.24, 2.45) is 17.6 Å². The van der Waals surface area contributed by atoms with Crippen LogP contribution in [0.25, 0.3) is 0 Å². The monoisotopic (exact) mass is 354 g/mol. The summed E-state index contributed by atoms with van der Waals surface area (Å²) in [4.78, 5) is 24.5. The Kier molecular flexibility index (Phi) is 8.22. The molecule has 2 rings (SSSR count). The second-order valence-electron chi connectivity index (χ2n) is 6.26. The van der Waals surface area contributed by atoms with Crippen LogP contribution >= 0.6 is 12.4 Å². The number of amides is 1. The van der Waals surface area contributed by atoms with Crippen molar-refractivity contribution in [2.75, 3.05) is 20.2 Å². The summed E-state index contributed by atoms with van der Waals surface area (Å²) in [5, 5.41) is 2.92. The van der Waals surface area contributed by atoms with Crippen LogP contribution in [-0.4, -0.2) is 32.1 Å². The van der Waals surface area contributed by atoms with E-state index >= 15 is 0 Å². The molecule has 6 heteroatoms. The minimum absolute atomic E-state index is 0. The number of nitrogens with one attached hydrogen (secondary N) is 1. The predicted molar refractivity (Wildman–Crippen MR) is 96.1 cm³/mol. The Balaban J connectivity index is 0.00000288. The van der Waals surface area contributed by atoms with Crippen LogP contribution in [0.5, 0.6) is 0 Å². The van der Waals surface area contributed by atoms with Gasteiger partial charge in [-0.2, -0.15) is 0 Å². The summed E-state index contributed by atoms with van der Waals surface area (Å²) in [6, 6.07) is 7.71. The molecule has 0 saturated heterocycles. The molecule has 1 fully saturated rings. The zero-order valence-electron chi connectivity index (χ0n) is 14.3. The molecule has 0 bridgehead atoms. The summed E-state index contributed by atoms with van der Waals surface area (Å²) < 4.78 is 4.89. The molecule has 0 radical (unpaired) electrons. The lowest BCUT2D eigenvalue weighted by Gasteiger charge is -2.20. The first kappa shape index (κ1) is 20.5. The van der Waals surface area contributed by atoms with Crippen molar-refractivity contribution in [3.05, 3.63) is 35.4 Å². The minimum Gasteiger partial charge on any atom is -0.468 e. The van der Waals surface area contributed by atoms with Crippen LogP contribution in [0.2, 0.25) is 0 Å². The van der Waals surface area contributed by atoms with E-state index in [0.717, 1.165) is 30.4 Å². The zero-order chi connectivity index (χ0) is 16.8. The molecule has 0 heterocycles. The average molecular weight is 355 g/mol. The number of benzene rings is 1. The first-order chi connectivity index (χ1) is 11.1. The van der Waals surface area contributed by atoms with Crippen molar-refractivity contribution in [3.63, 3.8) is 0 Å². The molecule has 0 aromatic heterocycles. The van der Waals surface area contributed by atoms with Gasteiger partial charge in [-0.15, -0.1) is 12.4 Å². The largest absolute Gasteiger partial charge is 0.468 e. The number of rotatable bonds is 6. The second kappa shape index (κ2) is 9.64. The number of methoxy groups -OCH3 is 1. The Morgan fingerprint density at radius 1 is 1.29 bits per heavy atom. The van der Waals surface area contributed by atoms with Crippen molar-refractivity contribution in [1.29, 1.82) is 0 Å². The molecule has 1 aliphatic carbocycles. The van der Waals surface area contributed by atoms with Gasteiger partial charge in [-0.25, -0.2) is 0 Å². The van der Waals surface area contributed by atoms with Gasteiger partial charge >= 0.3 is 5.97 Å². The average Bonchev–Trinajstić information content (AvgIpc) is 3.04. The Bertz CT molecular complexity index is 548. The van der Waals surface area contributed by atoms with Gasteiger partial charge in [-0.3, -0.25) is 9.59 Å². The number of hydrogen-bond acceptors (Lipinski definition) is 4. The molecule has 5 nitrogen and oxygen atoms in total. The predicted octanol–water partition coefficient (Wildman–Crippen LogP) is 2.16. The van der Waals surface area contributed by atoms with Gasteiger partial charge in [0.2, 0.25) is 5.91 Å². The van der Waals surface area contributed by atoms with Crippen LogP contribution in [-0.2, 0) is 14.3 Å². The Morgan fingerprint density at radius 2 is 1.96 bits per heavy atom. The van der Waals surface area contributed by atoms with E-state index in [-0.39, 0.29) is 42.7 Å². The summed E-state index contributed by atoms with van der Waals surface area (Å²) in [5.74, 6) is -0.598. The molecule has 134 valence electrons. The van der Waals surface area contributed by atoms with Gasteiger partial charge in [0, 0.05) is 12.5 Å². The quantitative estimate of drug-likeness (QED) is 0.767. The van der Waals surface area contributed by atoms with E-state index in [0.29, 0.717) is 6.54 Å². The molecule has 1 aromatic rings. The molecule has 1 unspecified atom stereocenters. The molecular weight excluding hydrogens is 328 g/mol. The van der Waals surface area contributed by atoms with Crippen molar-refractivity contribution in [3.8, 4) is 0 Å².